The van der Waals surface area contributed by atoms with Crippen LogP contribution in [0.5, 0.6) is 0 Å². The van der Waals surface area contributed by atoms with Crippen LogP contribution in [0.4, 0.5) is 15.8 Å². The van der Waals surface area contributed by atoms with Crippen LogP contribution in [0, 0.1) is 19.7 Å². The summed E-state index contributed by atoms with van der Waals surface area (Å²) in [6.45, 7) is 14.6. The molecule has 1 aliphatic carbocycles. The summed E-state index contributed by atoms with van der Waals surface area (Å²) in [6.07, 6.45) is 2.21. The van der Waals surface area contributed by atoms with Crippen molar-refractivity contribution in [3.05, 3.63) is 93.8 Å². The van der Waals surface area contributed by atoms with Crippen LogP contribution in [-0.4, -0.2) is 34.5 Å². The van der Waals surface area contributed by atoms with Crippen LogP contribution >= 0.6 is 0 Å². The van der Waals surface area contributed by atoms with Gasteiger partial charge < -0.3 is 20.7 Å². The molecular formula is C34H47FN4O3. The summed E-state index contributed by atoms with van der Waals surface area (Å²) in [6, 6.07) is 16.6. The van der Waals surface area contributed by atoms with Gasteiger partial charge in [0.1, 0.15) is 5.82 Å². The van der Waals surface area contributed by atoms with Crippen LogP contribution in [0.1, 0.15) is 91.7 Å². The van der Waals surface area contributed by atoms with E-state index in [1.54, 1.807) is 22.0 Å². The molecule has 2 atom stereocenters. The molecule has 1 heterocycles. The van der Waals surface area contributed by atoms with Gasteiger partial charge >= 0.3 is 5.97 Å². The number of hydrogen-bond acceptors (Lipinski definition) is 5. The summed E-state index contributed by atoms with van der Waals surface area (Å²) in [5, 5.41) is 10.5. The van der Waals surface area contributed by atoms with Crippen LogP contribution in [0.3, 0.4) is 0 Å². The predicted molar refractivity (Wildman–Crippen MR) is 170 cm³/mol. The third kappa shape index (κ3) is 7.88. The van der Waals surface area contributed by atoms with E-state index in [1.165, 1.54) is 11.6 Å². The van der Waals surface area contributed by atoms with E-state index < -0.39 is 11.8 Å². The van der Waals surface area contributed by atoms with Crippen molar-refractivity contribution in [3.63, 3.8) is 0 Å². The SMILES string of the molecule is CC.CC.CCN(N)c1cccc(C)c1N.Cc1ccc(F)c(C(=O)N2C3C[C@@H]2Cc2ccc(CCC(=O)O)cc23)c1. The lowest BCUT2D eigenvalue weighted by Gasteiger charge is -2.53. The number of fused-ring (bicyclic) bond motifs is 4. The molecule has 5 N–H and O–H groups in total. The Morgan fingerprint density at radius 3 is 2.38 bits per heavy atom. The highest BCUT2D eigenvalue weighted by atomic mass is 19.1. The Hall–Kier alpha value is -3.91. The third-order valence-corrected chi connectivity index (χ3v) is 7.41. The third-order valence-electron chi connectivity index (χ3n) is 7.41. The van der Waals surface area contributed by atoms with Crippen molar-refractivity contribution in [2.45, 2.75) is 86.2 Å². The number of carboxylic acids is 1. The maximum atomic E-state index is 14.1. The number of hydrazine groups is 1. The average Bonchev–Trinajstić information content (AvgIpc) is 3.00. The zero-order valence-electron chi connectivity index (χ0n) is 26.1. The molecule has 0 aromatic heterocycles. The first-order valence-electron chi connectivity index (χ1n) is 14.9. The number of carboxylic acid groups (broad SMARTS) is 1. The van der Waals surface area contributed by atoms with E-state index in [4.69, 9.17) is 16.7 Å². The molecule has 228 valence electrons. The number of hydrogen-bond donors (Lipinski definition) is 3. The number of nitrogens with zero attached hydrogens (tertiary/aromatic N) is 2. The second-order valence-electron chi connectivity index (χ2n) is 10.0. The number of likely N-dealkylation sites (tertiary alicyclic amines) is 1. The molecule has 0 spiro atoms. The molecule has 7 nitrogen and oxygen atoms in total. The minimum Gasteiger partial charge on any atom is -0.481 e. The number of aliphatic carboxylic acids is 1. The first kappa shape index (κ1) is 34.3. The van der Waals surface area contributed by atoms with Gasteiger partial charge in [-0.05, 0) is 80.5 Å². The van der Waals surface area contributed by atoms with Gasteiger partial charge in [-0.25, -0.2) is 10.2 Å². The second-order valence-corrected chi connectivity index (χ2v) is 10.0. The Bertz CT molecular complexity index is 1360. The van der Waals surface area contributed by atoms with Crippen molar-refractivity contribution in [2.24, 2.45) is 5.84 Å². The summed E-state index contributed by atoms with van der Waals surface area (Å²) in [5.41, 5.74) is 12.8. The van der Waals surface area contributed by atoms with Gasteiger partial charge in [0.25, 0.3) is 5.91 Å². The normalized spacial score (nSPS) is 15.7. The zero-order valence-corrected chi connectivity index (χ0v) is 26.1. The molecule has 0 saturated carbocycles. The molecule has 1 saturated heterocycles. The maximum absolute atomic E-state index is 14.1. The van der Waals surface area contributed by atoms with Gasteiger partial charge in [0.15, 0.2) is 0 Å². The molecule has 1 amide bonds. The largest absolute Gasteiger partial charge is 0.481 e. The molecule has 1 aliphatic heterocycles. The number of para-hydroxylation sites is 1. The quantitative estimate of drug-likeness (QED) is 0.165. The molecule has 8 heteroatoms. The summed E-state index contributed by atoms with van der Waals surface area (Å²) in [7, 11) is 0. The summed E-state index contributed by atoms with van der Waals surface area (Å²) in [5.74, 6) is 4.16. The maximum Gasteiger partial charge on any atom is 0.303 e. The number of carbonyl (C=O) groups is 2. The molecule has 1 fully saturated rings. The summed E-state index contributed by atoms with van der Waals surface area (Å²) >= 11 is 0. The van der Waals surface area contributed by atoms with Crippen LogP contribution in [0.2, 0.25) is 0 Å². The highest BCUT2D eigenvalue weighted by molar-refractivity contribution is 5.96. The molecule has 1 unspecified atom stereocenters. The fraction of sp³-hybridized carbons (Fsp3) is 0.412. The van der Waals surface area contributed by atoms with Gasteiger partial charge in [0, 0.05) is 19.0 Å². The second kappa shape index (κ2) is 15.9. The van der Waals surface area contributed by atoms with E-state index in [0.29, 0.717) is 6.42 Å². The Labute approximate surface area is 250 Å². The van der Waals surface area contributed by atoms with Crippen LogP contribution in [-0.2, 0) is 17.6 Å². The number of nitrogen functional groups attached to an aromatic ring is 1. The van der Waals surface area contributed by atoms with Crippen LogP contribution in [0.25, 0.3) is 0 Å². The van der Waals surface area contributed by atoms with Crippen molar-refractivity contribution in [2.75, 3.05) is 17.3 Å². The number of anilines is 2. The lowest BCUT2D eigenvalue weighted by Crippen LogP contribution is -2.57. The Morgan fingerprint density at radius 1 is 1.05 bits per heavy atom. The van der Waals surface area contributed by atoms with Gasteiger partial charge in [0.2, 0.25) is 0 Å². The van der Waals surface area contributed by atoms with Crippen LogP contribution < -0.4 is 16.6 Å². The van der Waals surface area contributed by atoms with Crippen LogP contribution in [0.15, 0.2) is 54.6 Å². The standard InChI is InChI=1S/C21H20FNO3.C9H15N3.2C2H6/c1-12-2-6-18(22)17(8-12)21(26)23-15-10-14-5-3-13(4-7-20(24)25)9-16(14)19(23)11-15;1-3-12(11)8-6-4-5-7(2)9(8)10;2*1-2/h2-3,5-6,8-9,15,19H,4,7,10-11H2,1H3,(H,24,25);4-6H,3,10-11H2,1-2H3;2*1-2H3/t15-,19?;;;/m0.../s1. The van der Waals surface area contributed by atoms with Gasteiger partial charge in [-0.3, -0.25) is 9.59 Å². The molecular weight excluding hydrogens is 531 g/mol. The number of amides is 1. The molecule has 42 heavy (non-hydrogen) atoms. The Balaban J connectivity index is 0.000000324. The van der Waals surface area contributed by atoms with E-state index in [1.807, 2.05) is 84.9 Å². The van der Waals surface area contributed by atoms with E-state index in [-0.39, 0.29) is 30.0 Å². The van der Waals surface area contributed by atoms with Crippen molar-refractivity contribution in [3.8, 4) is 0 Å². The highest BCUT2D eigenvalue weighted by Crippen LogP contribution is 2.47. The van der Waals surface area contributed by atoms with Crippen molar-refractivity contribution in [1.82, 2.24) is 4.90 Å². The monoisotopic (exact) mass is 578 g/mol. The Kier molecular flexibility index (Phi) is 13.0. The van der Waals surface area contributed by atoms with Gasteiger partial charge in [-0.2, -0.15) is 0 Å². The first-order valence-corrected chi connectivity index (χ1v) is 14.9. The molecule has 5 rings (SSSR count). The lowest BCUT2D eigenvalue weighted by molar-refractivity contribution is -0.136. The minimum atomic E-state index is -0.821. The zero-order chi connectivity index (χ0) is 31.6. The van der Waals surface area contributed by atoms with Crippen molar-refractivity contribution in [1.29, 1.82) is 0 Å². The molecule has 3 aromatic carbocycles. The molecule has 3 aromatic rings. The summed E-state index contributed by atoms with van der Waals surface area (Å²) in [4.78, 5) is 25.5. The van der Waals surface area contributed by atoms with E-state index in [0.717, 1.165) is 53.0 Å². The number of halogens is 1. The van der Waals surface area contributed by atoms with E-state index >= 15 is 0 Å². The molecule has 0 radical (unpaired) electrons. The van der Waals surface area contributed by atoms with Crippen molar-refractivity contribution < 1.29 is 19.1 Å². The fourth-order valence-corrected chi connectivity index (χ4v) is 5.20. The van der Waals surface area contributed by atoms with Gasteiger partial charge in [-0.15, -0.1) is 0 Å². The lowest BCUT2D eigenvalue weighted by atomic mass is 9.74. The molecule has 2 bridgehead atoms. The van der Waals surface area contributed by atoms with Gasteiger partial charge in [0.05, 0.1) is 23.0 Å². The highest BCUT2D eigenvalue weighted by Gasteiger charge is 2.47. The number of carbonyl (C=O) groups excluding carboxylic acids is 1. The Morgan fingerprint density at radius 2 is 1.74 bits per heavy atom. The van der Waals surface area contributed by atoms with Gasteiger partial charge in [-0.1, -0.05) is 69.7 Å². The van der Waals surface area contributed by atoms with E-state index in [2.05, 4.69) is 0 Å². The first-order chi connectivity index (χ1) is 20.1. The topological polar surface area (TPSA) is 113 Å². The number of rotatable bonds is 6. The fourth-order valence-electron chi connectivity index (χ4n) is 5.20. The number of benzene rings is 3. The molecule has 2 aliphatic rings. The number of aryl methyl sites for hydroxylation is 3. The smallest absolute Gasteiger partial charge is 0.303 e. The minimum absolute atomic E-state index is 0.0408. The predicted octanol–water partition coefficient (Wildman–Crippen LogP) is 6.99. The van der Waals surface area contributed by atoms with E-state index in [9.17, 15) is 14.0 Å². The average molecular weight is 579 g/mol. The summed E-state index contributed by atoms with van der Waals surface area (Å²) < 4.78 is 14.1. The van der Waals surface area contributed by atoms with Crippen molar-refractivity contribution >= 4 is 23.3 Å². The number of nitrogens with two attached hydrogens (primary N) is 2.